The Morgan fingerprint density at radius 2 is 1.39 bits per heavy atom. The lowest BCUT2D eigenvalue weighted by molar-refractivity contribution is -0.137. The molecule has 0 aromatic rings. The highest BCUT2D eigenvalue weighted by Gasteiger charge is 2.24. The van der Waals surface area contributed by atoms with Crippen molar-refractivity contribution in [2.75, 3.05) is 33.0 Å². The van der Waals surface area contributed by atoms with Crippen LogP contribution in [0.25, 0.3) is 0 Å². The van der Waals surface area contributed by atoms with Crippen LogP contribution < -0.4 is 5.73 Å². The molecule has 36 heavy (non-hydrogen) atoms. The fourth-order valence-electron chi connectivity index (χ4n) is 3.78. The second-order valence-electron chi connectivity index (χ2n) is 9.55. The molecule has 10 heteroatoms. The van der Waals surface area contributed by atoms with Crippen LogP contribution >= 0.6 is 7.82 Å². The van der Waals surface area contributed by atoms with Crippen molar-refractivity contribution >= 4 is 13.8 Å². The number of rotatable bonds is 28. The van der Waals surface area contributed by atoms with Crippen LogP contribution in [0.3, 0.4) is 0 Å². The maximum Gasteiger partial charge on any atom is 0.472 e. The number of hydrogen-bond donors (Lipinski definition) is 3. The van der Waals surface area contributed by atoms with Gasteiger partial charge in [-0.15, -0.1) is 0 Å². The van der Waals surface area contributed by atoms with Crippen LogP contribution in [0.2, 0.25) is 0 Å². The van der Waals surface area contributed by atoms with Crippen molar-refractivity contribution in [2.24, 2.45) is 5.73 Å². The fourth-order valence-corrected chi connectivity index (χ4v) is 4.55. The molecule has 0 bridgehead atoms. The van der Waals surface area contributed by atoms with Crippen molar-refractivity contribution in [1.29, 1.82) is 0 Å². The molecule has 4 N–H and O–H groups in total. The molecular formula is C26H54NO8P. The lowest BCUT2D eigenvalue weighted by Crippen LogP contribution is -2.28. The van der Waals surface area contributed by atoms with Gasteiger partial charge in [0.15, 0.2) is 0 Å². The van der Waals surface area contributed by atoms with E-state index >= 15 is 0 Å². The average Bonchev–Trinajstić information content (AvgIpc) is 2.84. The predicted molar refractivity (Wildman–Crippen MR) is 143 cm³/mol. The Balaban J connectivity index is 4.06. The van der Waals surface area contributed by atoms with Gasteiger partial charge < -0.3 is 25.2 Å². The Labute approximate surface area is 219 Å². The maximum absolute atomic E-state index is 11.9. The van der Waals surface area contributed by atoms with Crippen molar-refractivity contribution < 1.29 is 37.9 Å². The standard InChI is InChI=1S/C26H54NO8P/c1-3-4-5-6-7-8-9-10-11-12-13-14-17-24(2)33-22-25(32-20-16-15-18-26(28)29)23-35-36(30,31)34-21-19-27/h24-25H,3-23,27H2,1-2H3,(H,28,29)(H,30,31)/t24?,25-/m1/s1. The van der Waals surface area contributed by atoms with Gasteiger partial charge in [0.1, 0.15) is 6.10 Å². The van der Waals surface area contributed by atoms with E-state index in [9.17, 15) is 14.3 Å². The van der Waals surface area contributed by atoms with Crippen LogP contribution in [0.5, 0.6) is 0 Å². The first-order valence-corrected chi connectivity index (χ1v) is 15.6. The van der Waals surface area contributed by atoms with Gasteiger partial charge in [-0.2, -0.15) is 0 Å². The number of nitrogens with two attached hydrogens (primary N) is 1. The first-order valence-electron chi connectivity index (χ1n) is 14.1. The number of phosphoric ester groups is 1. The lowest BCUT2D eigenvalue weighted by atomic mass is 10.0. The molecule has 3 atom stereocenters. The summed E-state index contributed by atoms with van der Waals surface area (Å²) in [5, 5.41) is 8.74. The summed E-state index contributed by atoms with van der Waals surface area (Å²) in [4.78, 5) is 20.4. The second-order valence-corrected chi connectivity index (χ2v) is 11.0. The summed E-state index contributed by atoms with van der Waals surface area (Å²) in [6.07, 6.45) is 17.3. The third-order valence-electron chi connectivity index (χ3n) is 5.97. The fraction of sp³-hybridized carbons (Fsp3) is 0.962. The van der Waals surface area contributed by atoms with E-state index in [2.05, 4.69) is 6.92 Å². The number of carboxylic acids is 1. The van der Waals surface area contributed by atoms with Crippen LogP contribution in [0.4, 0.5) is 0 Å². The first kappa shape index (κ1) is 35.5. The molecule has 0 rings (SSSR count). The van der Waals surface area contributed by atoms with Gasteiger partial charge >= 0.3 is 13.8 Å². The molecule has 0 heterocycles. The number of ether oxygens (including phenoxy) is 2. The molecule has 0 radical (unpaired) electrons. The van der Waals surface area contributed by atoms with Crippen molar-refractivity contribution in [3.8, 4) is 0 Å². The summed E-state index contributed by atoms with van der Waals surface area (Å²) in [6.45, 7) is 4.67. The van der Waals surface area contributed by atoms with E-state index in [4.69, 9.17) is 29.4 Å². The Morgan fingerprint density at radius 3 is 1.94 bits per heavy atom. The summed E-state index contributed by atoms with van der Waals surface area (Å²) in [6, 6.07) is 0. The van der Waals surface area contributed by atoms with Gasteiger partial charge in [-0.05, 0) is 26.2 Å². The number of phosphoric acid groups is 1. The first-order chi connectivity index (χ1) is 17.3. The molecule has 0 saturated heterocycles. The molecule has 0 aliphatic rings. The predicted octanol–water partition coefficient (Wildman–Crippen LogP) is 6.22. The van der Waals surface area contributed by atoms with Gasteiger partial charge in [-0.1, -0.05) is 84.0 Å². The molecule has 0 aliphatic carbocycles. The number of aliphatic carboxylic acids is 1. The highest BCUT2D eigenvalue weighted by atomic mass is 31.2. The zero-order valence-electron chi connectivity index (χ0n) is 22.9. The molecule has 9 nitrogen and oxygen atoms in total. The van der Waals surface area contributed by atoms with E-state index in [0.717, 1.165) is 12.8 Å². The molecule has 216 valence electrons. The van der Waals surface area contributed by atoms with Crippen molar-refractivity contribution in [2.45, 2.75) is 129 Å². The number of unbranched alkanes of at least 4 members (excludes halogenated alkanes) is 12. The third kappa shape index (κ3) is 25.1. The van der Waals surface area contributed by atoms with Crippen LogP contribution in [0, 0.1) is 0 Å². The summed E-state index contributed by atoms with van der Waals surface area (Å²) >= 11 is 0. The molecule has 0 spiro atoms. The van der Waals surface area contributed by atoms with Gasteiger partial charge in [-0.3, -0.25) is 13.8 Å². The minimum Gasteiger partial charge on any atom is -0.481 e. The summed E-state index contributed by atoms with van der Waals surface area (Å²) in [5.74, 6) is -0.844. The van der Waals surface area contributed by atoms with Crippen molar-refractivity contribution in [3.05, 3.63) is 0 Å². The minimum absolute atomic E-state index is 0.0423. The zero-order valence-corrected chi connectivity index (χ0v) is 23.8. The largest absolute Gasteiger partial charge is 0.481 e. The van der Waals surface area contributed by atoms with E-state index < -0.39 is 19.9 Å². The molecular weight excluding hydrogens is 485 g/mol. The van der Waals surface area contributed by atoms with Gasteiger partial charge in [0.05, 0.1) is 25.9 Å². The van der Waals surface area contributed by atoms with E-state index in [0.29, 0.717) is 19.4 Å². The summed E-state index contributed by atoms with van der Waals surface area (Å²) in [7, 11) is -4.20. The van der Waals surface area contributed by atoms with Crippen molar-refractivity contribution in [1.82, 2.24) is 0 Å². The van der Waals surface area contributed by atoms with Crippen LogP contribution in [0.15, 0.2) is 0 Å². The van der Waals surface area contributed by atoms with Crippen LogP contribution in [-0.2, 0) is 27.9 Å². The van der Waals surface area contributed by atoms with Crippen molar-refractivity contribution in [3.63, 3.8) is 0 Å². The highest BCUT2D eigenvalue weighted by molar-refractivity contribution is 7.47. The Bertz CT molecular complexity index is 552. The molecule has 2 unspecified atom stereocenters. The highest BCUT2D eigenvalue weighted by Crippen LogP contribution is 2.43. The zero-order chi connectivity index (χ0) is 26.9. The van der Waals surface area contributed by atoms with Gasteiger partial charge in [-0.25, -0.2) is 4.57 Å². The Hall–Kier alpha value is -0.540. The topological polar surface area (TPSA) is 138 Å². The Morgan fingerprint density at radius 1 is 0.806 bits per heavy atom. The quantitative estimate of drug-likeness (QED) is 0.0782. The Kier molecular flexibility index (Phi) is 24.4. The number of hydrogen-bond acceptors (Lipinski definition) is 7. The number of carbonyl (C=O) groups is 1. The second kappa shape index (κ2) is 24.8. The van der Waals surface area contributed by atoms with E-state index in [1.165, 1.54) is 70.6 Å². The molecule has 0 saturated carbocycles. The van der Waals surface area contributed by atoms with Gasteiger partial charge in [0, 0.05) is 19.6 Å². The van der Waals surface area contributed by atoms with E-state index in [1.807, 2.05) is 6.92 Å². The third-order valence-corrected chi connectivity index (χ3v) is 6.95. The monoisotopic (exact) mass is 539 g/mol. The molecule has 0 aromatic heterocycles. The summed E-state index contributed by atoms with van der Waals surface area (Å²) in [5.41, 5.74) is 5.29. The SMILES string of the molecule is CCCCCCCCCCCCCCC(C)OC[C@H](COP(=O)(O)OCCN)OCCCCC(=O)O. The molecule has 0 aliphatic heterocycles. The smallest absolute Gasteiger partial charge is 0.472 e. The van der Waals surface area contributed by atoms with E-state index in [1.54, 1.807) is 0 Å². The van der Waals surface area contributed by atoms with Gasteiger partial charge in [0.25, 0.3) is 0 Å². The lowest BCUT2D eigenvalue weighted by Gasteiger charge is -2.22. The molecule has 0 fully saturated rings. The average molecular weight is 540 g/mol. The molecule has 0 aromatic carbocycles. The molecule has 0 amide bonds. The summed E-state index contributed by atoms with van der Waals surface area (Å²) < 4.78 is 33.3. The van der Waals surface area contributed by atoms with E-state index in [-0.39, 0.29) is 38.9 Å². The van der Waals surface area contributed by atoms with Crippen LogP contribution in [0.1, 0.15) is 117 Å². The minimum atomic E-state index is -4.20. The maximum atomic E-state index is 11.9. The van der Waals surface area contributed by atoms with Crippen LogP contribution in [-0.4, -0.2) is 61.1 Å². The normalized spacial score (nSPS) is 15.0. The van der Waals surface area contributed by atoms with Gasteiger partial charge in [0.2, 0.25) is 0 Å². The number of carboxylic acid groups (broad SMARTS) is 1.